The van der Waals surface area contributed by atoms with Gasteiger partial charge in [0.1, 0.15) is 5.82 Å². The van der Waals surface area contributed by atoms with Crippen LogP contribution in [-0.4, -0.2) is 47.5 Å². The van der Waals surface area contributed by atoms with Crippen LogP contribution in [0.15, 0.2) is 45.8 Å². The van der Waals surface area contributed by atoms with Crippen LogP contribution in [0, 0.1) is 30.4 Å². The Hall–Kier alpha value is -3.81. The molecule has 0 radical (unpaired) electrons. The van der Waals surface area contributed by atoms with Crippen LogP contribution in [0.5, 0.6) is 0 Å². The topological polar surface area (TPSA) is 120 Å². The van der Waals surface area contributed by atoms with Gasteiger partial charge in [-0.3, -0.25) is 4.98 Å². The summed E-state index contributed by atoms with van der Waals surface area (Å²) < 4.78 is 68.0. The highest BCUT2D eigenvalue weighted by molar-refractivity contribution is 7.92. The third-order valence-corrected chi connectivity index (χ3v) is 11.9. The first-order valence-electron chi connectivity index (χ1n) is 15.4. The van der Waals surface area contributed by atoms with Crippen LogP contribution in [0.2, 0.25) is 0 Å². The summed E-state index contributed by atoms with van der Waals surface area (Å²) in [4.78, 5) is 10.5. The zero-order chi connectivity index (χ0) is 32.2. The molecule has 0 amide bonds. The van der Waals surface area contributed by atoms with Crippen LogP contribution >= 0.6 is 11.3 Å². The van der Waals surface area contributed by atoms with Crippen molar-refractivity contribution in [1.29, 1.82) is 0 Å². The fraction of sp³-hybridized carbons (Fsp3) is 0.394. The number of thiophene rings is 1. The Bertz CT molecular complexity index is 2050. The number of rotatable bonds is 8. The van der Waals surface area contributed by atoms with Crippen molar-refractivity contribution in [3.05, 3.63) is 65.4 Å². The predicted molar refractivity (Wildman–Crippen MR) is 172 cm³/mol. The lowest BCUT2D eigenvalue weighted by atomic mass is 9.89. The van der Waals surface area contributed by atoms with Crippen LogP contribution in [0.25, 0.3) is 32.0 Å². The number of benzene rings is 1. The summed E-state index contributed by atoms with van der Waals surface area (Å²) in [7, 11) is -3.73. The van der Waals surface area contributed by atoms with Crippen molar-refractivity contribution in [2.45, 2.75) is 57.3 Å². The maximum Gasteiger partial charge on any atom is 0.250 e. The summed E-state index contributed by atoms with van der Waals surface area (Å²) in [6, 6.07) is 7.32. The van der Waals surface area contributed by atoms with E-state index in [0.717, 1.165) is 60.4 Å². The van der Waals surface area contributed by atoms with Gasteiger partial charge in [0.2, 0.25) is 11.8 Å². The zero-order valence-corrected chi connectivity index (χ0v) is 27.3. The highest BCUT2D eigenvalue weighted by Gasteiger charge is 2.43. The van der Waals surface area contributed by atoms with Crippen molar-refractivity contribution < 1.29 is 26.4 Å². The molecule has 1 N–H and O–H groups in total. The van der Waals surface area contributed by atoms with Crippen molar-refractivity contribution in [3.8, 4) is 21.9 Å². The minimum atomic E-state index is -3.73. The van der Waals surface area contributed by atoms with Crippen molar-refractivity contribution in [2.75, 3.05) is 24.3 Å². The largest absolute Gasteiger partial charge is 0.421 e. The number of nitrogens with zero attached hydrogens (tertiary/aromatic N) is 4. The molecule has 46 heavy (non-hydrogen) atoms. The Balaban J connectivity index is 1.44. The van der Waals surface area contributed by atoms with Crippen molar-refractivity contribution in [1.82, 2.24) is 20.2 Å². The molecule has 1 aromatic carbocycles. The lowest BCUT2D eigenvalue weighted by Crippen LogP contribution is -2.17. The summed E-state index contributed by atoms with van der Waals surface area (Å²) in [5.41, 5.74) is 2.70. The molecular weight excluding hydrogens is 633 g/mol. The van der Waals surface area contributed by atoms with E-state index in [2.05, 4.69) is 20.5 Å². The van der Waals surface area contributed by atoms with Gasteiger partial charge in [-0.05, 0) is 67.2 Å². The van der Waals surface area contributed by atoms with Gasteiger partial charge >= 0.3 is 0 Å². The van der Waals surface area contributed by atoms with Gasteiger partial charge in [0.25, 0.3) is 0 Å². The Labute approximate surface area is 269 Å². The van der Waals surface area contributed by atoms with Crippen LogP contribution in [-0.2, 0) is 21.0 Å². The Morgan fingerprint density at radius 2 is 1.87 bits per heavy atom. The number of ether oxygens (including phenoxy) is 1. The van der Waals surface area contributed by atoms with E-state index in [1.807, 2.05) is 26.0 Å². The second-order valence-electron chi connectivity index (χ2n) is 12.3. The summed E-state index contributed by atoms with van der Waals surface area (Å²) >= 11 is 1.36. The van der Waals surface area contributed by atoms with Gasteiger partial charge in [-0.1, -0.05) is 13.8 Å². The monoisotopic (exact) mass is 665 g/mol. The molecule has 0 saturated carbocycles. The van der Waals surface area contributed by atoms with E-state index in [9.17, 15) is 17.2 Å². The maximum absolute atomic E-state index is 14.0. The van der Waals surface area contributed by atoms with Crippen molar-refractivity contribution in [3.63, 3.8) is 0 Å². The van der Waals surface area contributed by atoms with Gasteiger partial charge < -0.3 is 14.5 Å². The Kier molecular flexibility index (Phi) is 8.10. The fourth-order valence-electron chi connectivity index (χ4n) is 6.42. The van der Waals surface area contributed by atoms with Crippen LogP contribution < -0.4 is 5.32 Å². The molecule has 2 aliphatic heterocycles. The van der Waals surface area contributed by atoms with Crippen LogP contribution in [0.1, 0.15) is 56.3 Å². The number of hydrogen-bond acceptors (Lipinski definition) is 10. The average molecular weight is 666 g/mol. The minimum Gasteiger partial charge on any atom is -0.421 e. The molecule has 7 rings (SSSR count). The summed E-state index contributed by atoms with van der Waals surface area (Å²) in [6.45, 7) is 7.21. The van der Waals surface area contributed by atoms with Gasteiger partial charge in [0, 0.05) is 54.4 Å². The predicted octanol–water partition coefficient (Wildman–Crippen LogP) is 7.62. The first-order chi connectivity index (χ1) is 22.1. The SMILES string of the molecule is Cc1nnc(-c2c(CCC3CCOCC3)nc3c(c2-c2cc4ccnc(Nc5ccc(F)c(F)c5)c4s2)S(=O)(=O)C[C@H]3C(C)C)o1. The van der Waals surface area contributed by atoms with E-state index in [0.29, 0.717) is 51.4 Å². The third kappa shape index (κ3) is 5.69. The molecule has 0 spiro atoms. The average Bonchev–Trinajstić information content (AvgIpc) is 3.73. The fourth-order valence-corrected chi connectivity index (χ4v) is 9.86. The van der Waals surface area contributed by atoms with E-state index in [4.69, 9.17) is 14.1 Å². The molecule has 0 unspecified atom stereocenters. The van der Waals surface area contributed by atoms with E-state index in [1.54, 1.807) is 13.1 Å². The van der Waals surface area contributed by atoms with Crippen LogP contribution in [0.4, 0.5) is 20.3 Å². The quantitative estimate of drug-likeness (QED) is 0.178. The summed E-state index contributed by atoms with van der Waals surface area (Å²) in [5, 5.41) is 12.4. The van der Waals surface area contributed by atoms with Gasteiger partial charge in [-0.15, -0.1) is 21.5 Å². The number of halogens is 2. The zero-order valence-electron chi connectivity index (χ0n) is 25.6. The van der Waals surface area contributed by atoms with Crippen LogP contribution in [0.3, 0.4) is 0 Å². The number of nitrogens with one attached hydrogen (secondary N) is 1. The Morgan fingerprint density at radius 3 is 2.59 bits per heavy atom. The number of aryl methyl sites for hydroxylation is 2. The van der Waals surface area contributed by atoms with E-state index < -0.39 is 21.5 Å². The van der Waals surface area contributed by atoms with E-state index in [-0.39, 0.29) is 28.4 Å². The van der Waals surface area contributed by atoms with Crippen molar-refractivity contribution >= 4 is 42.8 Å². The summed E-state index contributed by atoms with van der Waals surface area (Å²) in [5.74, 6) is -0.676. The molecule has 1 atom stereocenters. The molecule has 240 valence electrons. The summed E-state index contributed by atoms with van der Waals surface area (Å²) in [6.07, 6.45) is 5.03. The lowest BCUT2D eigenvalue weighted by Gasteiger charge is -2.23. The van der Waals surface area contributed by atoms with Gasteiger partial charge in [0.05, 0.1) is 32.3 Å². The molecule has 0 aliphatic carbocycles. The molecular formula is C33H33F2N5O4S2. The highest BCUT2D eigenvalue weighted by Crippen LogP contribution is 2.51. The number of anilines is 2. The molecule has 1 fully saturated rings. The molecule has 0 bridgehead atoms. The lowest BCUT2D eigenvalue weighted by molar-refractivity contribution is 0.0639. The standard InChI is InChI=1S/C33H33F2N5O4S2/c1-17(2)22-16-46(41,42)31-28(26-14-20-8-11-36-32(30(20)45-26)37-21-5-6-23(34)24(35)15-21)27(33-40-39-18(3)44-33)25(38-29(22)31)7-4-19-9-12-43-13-10-19/h5-6,8,11,14-15,17,19,22H,4,7,9-10,12-13,16H2,1-3H3,(H,36,37)/t22-/m0/s1. The van der Waals surface area contributed by atoms with E-state index >= 15 is 0 Å². The molecule has 13 heteroatoms. The first-order valence-corrected chi connectivity index (χ1v) is 17.8. The smallest absolute Gasteiger partial charge is 0.250 e. The second-order valence-corrected chi connectivity index (χ2v) is 15.3. The first kappa shape index (κ1) is 30.8. The maximum atomic E-state index is 14.0. The number of fused-ring (bicyclic) bond motifs is 2. The molecule has 9 nitrogen and oxygen atoms in total. The molecule has 2 aliphatic rings. The highest BCUT2D eigenvalue weighted by atomic mass is 32.2. The van der Waals surface area contributed by atoms with Crippen molar-refractivity contribution in [2.24, 2.45) is 11.8 Å². The molecule has 5 aromatic rings. The second kappa shape index (κ2) is 12.1. The number of pyridine rings is 2. The van der Waals surface area contributed by atoms with E-state index in [1.165, 1.54) is 17.4 Å². The van der Waals surface area contributed by atoms with Gasteiger partial charge in [0.15, 0.2) is 21.5 Å². The molecule has 4 aromatic heterocycles. The normalized spacial score (nSPS) is 18.0. The Morgan fingerprint density at radius 1 is 1.07 bits per heavy atom. The number of sulfone groups is 1. The third-order valence-electron chi connectivity index (χ3n) is 8.85. The minimum absolute atomic E-state index is 0.0267. The number of hydrogen-bond donors (Lipinski definition) is 1. The molecule has 6 heterocycles. The van der Waals surface area contributed by atoms with Gasteiger partial charge in [-0.2, -0.15) is 0 Å². The molecule has 1 saturated heterocycles. The number of aromatic nitrogens is 4. The van der Waals surface area contributed by atoms with Gasteiger partial charge in [-0.25, -0.2) is 22.2 Å².